The van der Waals surface area contributed by atoms with Gasteiger partial charge in [-0.25, -0.2) is 0 Å². The maximum atomic E-state index is 6.53. The van der Waals surface area contributed by atoms with E-state index in [1.54, 1.807) is 11.3 Å². The molecule has 1 aromatic heterocycles. The van der Waals surface area contributed by atoms with E-state index in [9.17, 15) is 0 Å². The summed E-state index contributed by atoms with van der Waals surface area (Å²) < 4.78 is 1.20. The molecule has 0 radical (unpaired) electrons. The van der Waals surface area contributed by atoms with Crippen LogP contribution in [0.15, 0.2) is 15.9 Å². The van der Waals surface area contributed by atoms with Crippen LogP contribution in [0.2, 0.25) is 0 Å². The summed E-state index contributed by atoms with van der Waals surface area (Å²) in [7, 11) is 0. The molecule has 0 aromatic carbocycles. The van der Waals surface area contributed by atoms with Crippen LogP contribution in [0.3, 0.4) is 0 Å². The molecule has 0 saturated heterocycles. The number of hydrogen-bond acceptors (Lipinski definition) is 1. The molecule has 2 aliphatic rings. The highest BCUT2D eigenvalue weighted by Gasteiger charge is 2.48. The Labute approximate surface area is 102 Å². The van der Waals surface area contributed by atoms with Crippen molar-refractivity contribution >= 4 is 38.9 Å². The van der Waals surface area contributed by atoms with E-state index in [0.717, 1.165) is 17.8 Å². The van der Waals surface area contributed by atoms with Crippen molar-refractivity contribution in [1.82, 2.24) is 0 Å². The lowest BCUT2D eigenvalue weighted by Crippen LogP contribution is -2.04. The number of halogens is 2. The highest BCUT2D eigenvalue weighted by Crippen LogP contribution is 2.59. The predicted molar refractivity (Wildman–Crippen MR) is 64.9 cm³/mol. The summed E-state index contributed by atoms with van der Waals surface area (Å²) in [6, 6.07) is 2.10. The molecule has 76 valence electrons. The molecule has 0 nitrogen and oxygen atoms in total. The number of hydrogen-bond donors (Lipinski definition) is 0. The molecule has 14 heavy (non-hydrogen) atoms. The fourth-order valence-electron chi connectivity index (χ4n) is 2.72. The van der Waals surface area contributed by atoms with Crippen LogP contribution < -0.4 is 0 Å². The molecular weight excluding hydrogens is 280 g/mol. The Morgan fingerprint density at radius 3 is 2.64 bits per heavy atom. The van der Waals surface area contributed by atoms with Crippen molar-refractivity contribution in [3.63, 3.8) is 0 Å². The fourth-order valence-corrected chi connectivity index (χ4v) is 5.01. The topological polar surface area (TPSA) is 0 Å². The predicted octanol–water partition coefficient (Wildman–Crippen LogP) is 4.84. The van der Waals surface area contributed by atoms with Gasteiger partial charge in [-0.15, -0.1) is 22.9 Å². The van der Waals surface area contributed by atoms with Gasteiger partial charge in [0.1, 0.15) is 0 Å². The number of fused-ring (bicyclic) bond motifs is 1. The highest BCUT2D eigenvalue weighted by atomic mass is 79.9. The molecule has 1 aromatic rings. The second-order valence-corrected chi connectivity index (χ2v) is 6.79. The van der Waals surface area contributed by atoms with E-state index < -0.39 is 0 Å². The summed E-state index contributed by atoms with van der Waals surface area (Å²) in [5.74, 6) is 2.79. The van der Waals surface area contributed by atoms with Crippen LogP contribution in [-0.4, -0.2) is 0 Å². The third kappa shape index (κ3) is 1.56. The van der Waals surface area contributed by atoms with Crippen LogP contribution in [0.5, 0.6) is 0 Å². The molecule has 2 aliphatic carbocycles. The van der Waals surface area contributed by atoms with Crippen molar-refractivity contribution in [2.75, 3.05) is 0 Å². The van der Waals surface area contributed by atoms with E-state index in [1.807, 2.05) is 0 Å². The summed E-state index contributed by atoms with van der Waals surface area (Å²) >= 11 is 11.9. The van der Waals surface area contributed by atoms with E-state index in [1.165, 1.54) is 28.6 Å². The second-order valence-electron chi connectivity index (χ2n) is 4.52. The molecule has 3 atom stereocenters. The first-order chi connectivity index (χ1) is 6.75. The summed E-state index contributed by atoms with van der Waals surface area (Å²) in [6.07, 6.45) is 4.21. The van der Waals surface area contributed by atoms with Crippen LogP contribution in [0, 0.1) is 17.8 Å². The van der Waals surface area contributed by atoms with Gasteiger partial charge >= 0.3 is 0 Å². The summed E-state index contributed by atoms with van der Waals surface area (Å²) in [5.41, 5.74) is 0. The average Bonchev–Trinajstić information content (AvgIpc) is 2.64. The Balaban J connectivity index is 1.76. The lowest BCUT2D eigenvalue weighted by molar-refractivity contribution is 0.474. The van der Waals surface area contributed by atoms with Gasteiger partial charge < -0.3 is 0 Å². The Bertz CT molecular complexity index is 339. The van der Waals surface area contributed by atoms with E-state index in [0.29, 0.717) is 0 Å². The second kappa shape index (κ2) is 3.50. The Kier molecular flexibility index (Phi) is 2.42. The number of alkyl halides is 1. The normalized spacial score (nSPS) is 36.9. The van der Waals surface area contributed by atoms with Gasteiger partial charge in [-0.1, -0.05) is 0 Å². The smallest absolute Gasteiger partial charge is 0.0718 e. The van der Waals surface area contributed by atoms with E-state index >= 15 is 0 Å². The van der Waals surface area contributed by atoms with Crippen molar-refractivity contribution in [3.05, 3.63) is 20.8 Å². The molecule has 0 bridgehead atoms. The lowest BCUT2D eigenvalue weighted by atomic mass is 9.98. The van der Waals surface area contributed by atoms with Crippen LogP contribution in [0.1, 0.15) is 29.5 Å². The van der Waals surface area contributed by atoms with Gasteiger partial charge in [-0.05, 0) is 64.4 Å². The van der Waals surface area contributed by atoms with Crippen molar-refractivity contribution in [3.8, 4) is 0 Å². The zero-order valence-electron chi connectivity index (χ0n) is 7.75. The maximum absolute atomic E-state index is 6.53. The van der Waals surface area contributed by atoms with E-state index in [2.05, 4.69) is 27.4 Å². The molecule has 1 heterocycles. The Morgan fingerprint density at radius 2 is 2.07 bits per heavy atom. The van der Waals surface area contributed by atoms with Crippen molar-refractivity contribution in [2.24, 2.45) is 17.8 Å². The average molecular weight is 292 g/mol. The van der Waals surface area contributed by atoms with Gasteiger partial charge in [0.15, 0.2) is 0 Å². The summed E-state index contributed by atoms with van der Waals surface area (Å²) in [6.45, 7) is 0. The molecule has 0 aliphatic heterocycles. The van der Waals surface area contributed by atoms with Crippen molar-refractivity contribution < 1.29 is 0 Å². The molecule has 2 fully saturated rings. The minimum Gasteiger partial charge on any atom is -0.146 e. The largest absolute Gasteiger partial charge is 0.146 e. The SMILES string of the molecule is ClC(c1sccc1Br)C1CC2CC2C1. The highest BCUT2D eigenvalue weighted by molar-refractivity contribution is 9.10. The Morgan fingerprint density at radius 1 is 1.36 bits per heavy atom. The maximum Gasteiger partial charge on any atom is 0.0718 e. The first-order valence-corrected chi connectivity index (χ1v) is 7.23. The van der Waals surface area contributed by atoms with Crippen LogP contribution in [0.4, 0.5) is 0 Å². The zero-order valence-corrected chi connectivity index (χ0v) is 10.9. The monoisotopic (exact) mass is 290 g/mol. The molecule has 3 heteroatoms. The number of thiophene rings is 1. The minimum atomic E-state index is 0.247. The van der Waals surface area contributed by atoms with Gasteiger partial charge in [-0.2, -0.15) is 0 Å². The first-order valence-electron chi connectivity index (χ1n) is 5.12. The molecule has 2 saturated carbocycles. The molecule has 3 rings (SSSR count). The van der Waals surface area contributed by atoms with Gasteiger partial charge in [0.2, 0.25) is 0 Å². The summed E-state index contributed by atoms with van der Waals surface area (Å²) in [4.78, 5) is 1.33. The van der Waals surface area contributed by atoms with Gasteiger partial charge in [0.05, 0.1) is 5.38 Å². The number of rotatable bonds is 2. The summed E-state index contributed by atoms with van der Waals surface area (Å²) in [5, 5.41) is 2.36. The van der Waals surface area contributed by atoms with Crippen LogP contribution in [-0.2, 0) is 0 Å². The van der Waals surface area contributed by atoms with Gasteiger partial charge in [0.25, 0.3) is 0 Å². The Hall–Kier alpha value is 0.470. The first kappa shape index (κ1) is 9.68. The molecule has 0 amide bonds. The zero-order chi connectivity index (χ0) is 9.71. The van der Waals surface area contributed by atoms with E-state index in [-0.39, 0.29) is 5.38 Å². The van der Waals surface area contributed by atoms with Crippen molar-refractivity contribution in [2.45, 2.75) is 24.6 Å². The fraction of sp³-hybridized carbons (Fsp3) is 0.636. The van der Waals surface area contributed by atoms with Crippen LogP contribution in [0.25, 0.3) is 0 Å². The minimum absolute atomic E-state index is 0.247. The van der Waals surface area contributed by atoms with Gasteiger partial charge in [0, 0.05) is 9.35 Å². The van der Waals surface area contributed by atoms with Crippen molar-refractivity contribution in [1.29, 1.82) is 0 Å². The molecule has 0 N–H and O–H groups in total. The third-order valence-corrected chi connectivity index (χ3v) is 6.25. The lowest BCUT2D eigenvalue weighted by Gasteiger charge is -2.17. The van der Waals surface area contributed by atoms with Crippen LogP contribution >= 0.6 is 38.9 Å². The quantitative estimate of drug-likeness (QED) is 0.684. The van der Waals surface area contributed by atoms with Gasteiger partial charge in [-0.3, -0.25) is 0 Å². The standard InChI is InChI=1S/C11H12BrClS/c12-9-1-2-14-11(9)10(13)8-4-6-3-7(6)5-8/h1-2,6-8,10H,3-5H2. The molecular formula is C11H12BrClS. The molecule has 0 spiro atoms. The van der Waals surface area contributed by atoms with E-state index in [4.69, 9.17) is 11.6 Å². The molecule has 3 unspecified atom stereocenters. The third-order valence-electron chi connectivity index (χ3n) is 3.59.